The number of carbonyl (C=O) groups excluding carboxylic acids is 1. The third kappa shape index (κ3) is 4.06. The number of hydrogen-bond donors (Lipinski definition) is 2. The van der Waals surface area contributed by atoms with Gasteiger partial charge in [-0.1, -0.05) is 6.92 Å². The maximum absolute atomic E-state index is 13.1. The second kappa shape index (κ2) is 6.32. The van der Waals surface area contributed by atoms with E-state index in [-0.39, 0.29) is 5.69 Å². The molecule has 16 heavy (non-hydrogen) atoms. The Morgan fingerprint density at radius 2 is 2.44 bits per heavy atom. The topological polar surface area (TPSA) is 54.0 Å². The lowest BCUT2D eigenvalue weighted by Gasteiger charge is -2.11. The van der Waals surface area contributed by atoms with E-state index < -0.39 is 11.8 Å². The van der Waals surface area contributed by atoms with Gasteiger partial charge in [0.25, 0.3) is 0 Å². The second-order valence-corrected chi connectivity index (χ2v) is 4.51. The van der Waals surface area contributed by atoms with E-state index in [4.69, 9.17) is 0 Å². The smallest absolute Gasteiger partial charge is 0.319 e. The van der Waals surface area contributed by atoms with Crippen molar-refractivity contribution < 1.29 is 9.18 Å². The van der Waals surface area contributed by atoms with Gasteiger partial charge in [0.05, 0.1) is 11.9 Å². The summed E-state index contributed by atoms with van der Waals surface area (Å²) in [5.41, 5.74) is 0.129. The molecular weight excluding hydrogens is 229 g/mol. The molecule has 0 radical (unpaired) electrons. The molecule has 0 aliphatic heterocycles. The van der Waals surface area contributed by atoms with Gasteiger partial charge in [-0.05, 0) is 12.3 Å². The summed E-state index contributed by atoms with van der Waals surface area (Å²) in [5.74, 6) is -0.546. The Hall–Kier alpha value is -1.30. The Kier molecular flexibility index (Phi) is 5.04. The number of urea groups is 1. The summed E-state index contributed by atoms with van der Waals surface area (Å²) in [7, 11) is 0. The van der Waals surface area contributed by atoms with Crippen LogP contribution in [0.3, 0.4) is 0 Å². The van der Waals surface area contributed by atoms with Gasteiger partial charge in [-0.3, -0.25) is 4.98 Å². The average Bonchev–Trinajstić information content (AvgIpc) is 2.29. The molecule has 1 aromatic heterocycles. The third-order valence-corrected chi connectivity index (χ3v) is 2.94. The van der Waals surface area contributed by atoms with E-state index in [2.05, 4.69) is 15.6 Å². The highest BCUT2D eigenvalue weighted by Crippen LogP contribution is 2.10. The molecule has 88 valence electrons. The molecule has 0 aromatic carbocycles. The number of halogens is 1. The van der Waals surface area contributed by atoms with E-state index in [1.165, 1.54) is 12.3 Å². The van der Waals surface area contributed by atoms with E-state index in [1.807, 2.05) is 13.2 Å². The van der Waals surface area contributed by atoms with Crippen molar-refractivity contribution in [2.24, 2.45) is 0 Å². The van der Waals surface area contributed by atoms with Gasteiger partial charge in [0.2, 0.25) is 0 Å². The number of anilines is 1. The Labute approximate surface area is 98.0 Å². The number of amides is 2. The van der Waals surface area contributed by atoms with Crippen LogP contribution in [0.5, 0.6) is 0 Å². The number of hydrogen-bond acceptors (Lipinski definition) is 3. The van der Waals surface area contributed by atoms with Crippen molar-refractivity contribution in [3.8, 4) is 0 Å². The molecule has 0 aliphatic carbocycles. The predicted molar refractivity (Wildman–Crippen MR) is 64.2 cm³/mol. The second-order valence-electron chi connectivity index (χ2n) is 3.24. The minimum Gasteiger partial charge on any atom is -0.337 e. The zero-order valence-corrected chi connectivity index (χ0v) is 9.97. The van der Waals surface area contributed by atoms with E-state index >= 15 is 0 Å². The van der Waals surface area contributed by atoms with Crippen LogP contribution in [-0.4, -0.2) is 29.1 Å². The molecule has 2 amide bonds. The lowest BCUT2D eigenvalue weighted by atomic mass is 10.4. The zero-order chi connectivity index (χ0) is 12.0. The number of carbonyl (C=O) groups is 1. The van der Waals surface area contributed by atoms with Crippen LogP contribution >= 0.6 is 11.8 Å². The summed E-state index contributed by atoms with van der Waals surface area (Å²) < 4.78 is 13.1. The van der Waals surface area contributed by atoms with E-state index in [9.17, 15) is 9.18 Å². The number of thioether (sulfide) groups is 1. The zero-order valence-electron chi connectivity index (χ0n) is 9.16. The van der Waals surface area contributed by atoms with E-state index in [0.29, 0.717) is 11.8 Å². The van der Waals surface area contributed by atoms with Gasteiger partial charge in [-0.2, -0.15) is 11.8 Å². The molecule has 1 atom stereocenters. The van der Waals surface area contributed by atoms with Crippen LogP contribution in [-0.2, 0) is 0 Å². The minimum atomic E-state index is -0.546. The molecule has 1 heterocycles. The fraction of sp³-hybridized carbons (Fsp3) is 0.400. The number of aromatic nitrogens is 1. The van der Waals surface area contributed by atoms with Crippen LogP contribution in [0, 0.1) is 5.82 Å². The fourth-order valence-corrected chi connectivity index (χ4v) is 1.21. The first-order valence-corrected chi connectivity index (χ1v) is 6.09. The van der Waals surface area contributed by atoms with Crippen LogP contribution in [0.25, 0.3) is 0 Å². The highest BCUT2D eigenvalue weighted by molar-refractivity contribution is 7.99. The van der Waals surface area contributed by atoms with Crippen LogP contribution in [0.4, 0.5) is 14.9 Å². The van der Waals surface area contributed by atoms with Gasteiger partial charge in [0, 0.05) is 18.0 Å². The highest BCUT2D eigenvalue weighted by Gasteiger charge is 2.07. The standard InChI is InChI=1S/C10H14FN3OS/c1-7(16-2)5-13-10(15)14-9-3-4-12-6-8(9)11/h3-4,6-7H,5H2,1-2H3,(H2,12,13,14,15)/t7-/m0/s1. The molecule has 0 aliphatic rings. The van der Waals surface area contributed by atoms with Gasteiger partial charge in [-0.15, -0.1) is 0 Å². The van der Waals surface area contributed by atoms with Crippen molar-refractivity contribution >= 4 is 23.5 Å². The lowest BCUT2D eigenvalue weighted by Crippen LogP contribution is -2.33. The molecule has 1 aromatic rings. The van der Waals surface area contributed by atoms with Gasteiger partial charge in [0.1, 0.15) is 0 Å². The monoisotopic (exact) mass is 243 g/mol. The molecule has 0 fully saturated rings. The van der Waals surface area contributed by atoms with Gasteiger partial charge in [-0.25, -0.2) is 9.18 Å². The largest absolute Gasteiger partial charge is 0.337 e. The van der Waals surface area contributed by atoms with Crippen molar-refractivity contribution in [2.75, 3.05) is 18.1 Å². The number of pyridine rings is 1. The fourth-order valence-electron chi connectivity index (χ4n) is 0.963. The predicted octanol–water partition coefficient (Wildman–Crippen LogP) is 2.09. The third-order valence-electron chi connectivity index (χ3n) is 1.97. The average molecular weight is 243 g/mol. The Morgan fingerprint density at radius 1 is 1.69 bits per heavy atom. The Morgan fingerprint density at radius 3 is 3.06 bits per heavy atom. The molecule has 2 N–H and O–H groups in total. The number of nitrogens with one attached hydrogen (secondary N) is 2. The van der Waals surface area contributed by atoms with Crippen molar-refractivity contribution in [1.82, 2.24) is 10.3 Å². The van der Waals surface area contributed by atoms with Crippen molar-refractivity contribution in [1.29, 1.82) is 0 Å². The Bertz CT molecular complexity index is 362. The quantitative estimate of drug-likeness (QED) is 0.851. The minimum absolute atomic E-state index is 0.129. The van der Waals surface area contributed by atoms with Crippen molar-refractivity contribution in [3.63, 3.8) is 0 Å². The maximum atomic E-state index is 13.1. The molecule has 0 saturated heterocycles. The molecule has 0 unspecified atom stereocenters. The van der Waals surface area contributed by atoms with E-state index in [0.717, 1.165) is 6.20 Å². The SMILES string of the molecule is CS[C@@H](C)CNC(=O)Nc1ccncc1F. The molecule has 4 nitrogen and oxygen atoms in total. The summed E-state index contributed by atoms with van der Waals surface area (Å²) in [6.07, 6.45) is 4.44. The number of rotatable bonds is 4. The molecule has 1 rings (SSSR count). The van der Waals surface area contributed by atoms with E-state index in [1.54, 1.807) is 11.8 Å². The number of nitrogens with zero attached hydrogens (tertiary/aromatic N) is 1. The summed E-state index contributed by atoms with van der Waals surface area (Å²) in [4.78, 5) is 15.0. The summed E-state index contributed by atoms with van der Waals surface area (Å²) in [5, 5.41) is 5.39. The Balaban J connectivity index is 2.43. The molecule has 6 heteroatoms. The van der Waals surface area contributed by atoms with Gasteiger partial charge >= 0.3 is 6.03 Å². The lowest BCUT2D eigenvalue weighted by molar-refractivity contribution is 0.252. The maximum Gasteiger partial charge on any atom is 0.319 e. The van der Waals surface area contributed by atoms with Crippen molar-refractivity contribution in [3.05, 3.63) is 24.3 Å². The normalized spacial score (nSPS) is 11.9. The summed E-state index contributed by atoms with van der Waals surface area (Å²) in [6.45, 7) is 2.54. The van der Waals surface area contributed by atoms with Crippen LogP contribution in [0.2, 0.25) is 0 Å². The summed E-state index contributed by atoms with van der Waals surface area (Å²) in [6, 6.07) is 0.999. The molecular formula is C10H14FN3OS. The van der Waals surface area contributed by atoms with Gasteiger partial charge in [0.15, 0.2) is 5.82 Å². The van der Waals surface area contributed by atoms with Crippen LogP contribution in [0.1, 0.15) is 6.92 Å². The first-order valence-electron chi connectivity index (χ1n) is 4.80. The molecule has 0 saturated carbocycles. The summed E-state index contributed by atoms with van der Waals surface area (Å²) >= 11 is 1.65. The first kappa shape index (κ1) is 12.8. The highest BCUT2D eigenvalue weighted by atomic mass is 32.2. The van der Waals surface area contributed by atoms with Crippen LogP contribution < -0.4 is 10.6 Å². The molecule has 0 bridgehead atoms. The van der Waals surface area contributed by atoms with Crippen LogP contribution in [0.15, 0.2) is 18.5 Å². The van der Waals surface area contributed by atoms with Gasteiger partial charge < -0.3 is 10.6 Å². The van der Waals surface area contributed by atoms with Crippen molar-refractivity contribution in [2.45, 2.75) is 12.2 Å². The molecule has 0 spiro atoms. The first-order chi connectivity index (χ1) is 7.63.